The first-order valence-electron chi connectivity index (χ1n) is 6.48. The van der Waals surface area contributed by atoms with E-state index in [1.165, 1.54) is 12.1 Å². The molecule has 0 radical (unpaired) electrons. The Bertz CT molecular complexity index is 457. The van der Waals surface area contributed by atoms with Crippen LogP contribution in [0, 0.1) is 11.6 Å². The summed E-state index contributed by atoms with van der Waals surface area (Å²) in [4.78, 5) is 14.0. The Hall–Kier alpha value is -1.29. The molecule has 0 bridgehead atoms. The smallest absolute Gasteiger partial charge is 0.169 e. The highest BCUT2D eigenvalue weighted by Gasteiger charge is 2.22. The van der Waals surface area contributed by atoms with Gasteiger partial charge in [-0.2, -0.15) is 0 Å². The van der Waals surface area contributed by atoms with Crippen molar-refractivity contribution in [3.8, 4) is 0 Å². The van der Waals surface area contributed by atoms with Gasteiger partial charge in [-0.05, 0) is 39.4 Å². The highest BCUT2D eigenvalue weighted by Crippen LogP contribution is 2.18. The highest BCUT2D eigenvalue weighted by molar-refractivity contribution is 5.96. The summed E-state index contributed by atoms with van der Waals surface area (Å²) in [6.45, 7) is 6.76. The number of halogens is 2. The van der Waals surface area contributed by atoms with Crippen LogP contribution in [0.3, 0.4) is 0 Å². The molecule has 19 heavy (non-hydrogen) atoms. The second kappa shape index (κ2) is 6.24. The van der Waals surface area contributed by atoms with E-state index >= 15 is 0 Å². The van der Waals surface area contributed by atoms with Gasteiger partial charge in [0, 0.05) is 18.5 Å². The Morgan fingerprint density at radius 1 is 1.32 bits per heavy atom. The lowest BCUT2D eigenvalue weighted by Crippen LogP contribution is -2.41. The normalized spacial score (nSPS) is 11.9. The summed E-state index contributed by atoms with van der Waals surface area (Å²) < 4.78 is 26.5. The molecule has 0 saturated carbocycles. The van der Waals surface area contributed by atoms with E-state index in [1.54, 1.807) is 0 Å². The molecule has 0 saturated heterocycles. The Kier molecular flexibility index (Phi) is 5.18. The van der Waals surface area contributed by atoms with Crippen LogP contribution in [0.15, 0.2) is 18.2 Å². The van der Waals surface area contributed by atoms with E-state index in [2.05, 4.69) is 25.7 Å². The number of Topliss-reactive ketones (excluding diaryl/α,β-unsaturated/α-hetero) is 1. The first kappa shape index (κ1) is 15.8. The second-order valence-corrected chi connectivity index (χ2v) is 5.36. The molecule has 0 atom stereocenters. The van der Waals surface area contributed by atoms with Crippen LogP contribution in [0.1, 0.15) is 44.0 Å². The van der Waals surface area contributed by atoms with Crippen molar-refractivity contribution < 1.29 is 13.6 Å². The standard InChI is InChI=1S/C15H21F2NO/c1-5-15(2,3)18(4)10-9-13(19)11-7-6-8-12(16)14(11)17/h6-8H,5,9-10H2,1-4H3. The van der Waals surface area contributed by atoms with Gasteiger partial charge in [0.1, 0.15) is 0 Å². The zero-order valence-corrected chi connectivity index (χ0v) is 12.0. The summed E-state index contributed by atoms with van der Waals surface area (Å²) in [5.41, 5.74) is -0.177. The molecular weight excluding hydrogens is 248 g/mol. The van der Waals surface area contributed by atoms with E-state index in [0.29, 0.717) is 6.54 Å². The molecule has 0 aliphatic heterocycles. The first-order chi connectivity index (χ1) is 8.79. The highest BCUT2D eigenvalue weighted by atomic mass is 19.2. The minimum atomic E-state index is -1.05. The summed E-state index contributed by atoms with van der Waals surface area (Å²) in [5, 5.41) is 0. The fraction of sp³-hybridized carbons (Fsp3) is 0.533. The van der Waals surface area contributed by atoms with Crippen molar-refractivity contribution in [3.63, 3.8) is 0 Å². The topological polar surface area (TPSA) is 20.3 Å². The SMILES string of the molecule is CCC(C)(C)N(C)CCC(=O)c1cccc(F)c1F. The molecule has 1 aromatic carbocycles. The number of hydrogen-bond donors (Lipinski definition) is 0. The summed E-state index contributed by atoms with van der Waals surface area (Å²) in [7, 11) is 1.93. The molecule has 2 nitrogen and oxygen atoms in total. The molecule has 0 unspecified atom stereocenters. The number of carbonyl (C=O) groups excluding carboxylic acids is 1. The Morgan fingerprint density at radius 3 is 2.53 bits per heavy atom. The van der Waals surface area contributed by atoms with Crippen molar-refractivity contribution in [3.05, 3.63) is 35.4 Å². The van der Waals surface area contributed by atoms with Crippen LogP contribution in [0.25, 0.3) is 0 Å². The second-order valence-electron chi connectivity index (χ2n) is 5.36. The van der Waals surface area contributed by atoms with E-state index in [-0.39, 0.29) is 23.3 Å². The number of carbonyl (C=O) groups is 1. The quantitative estimate of drug-likeness (QED) is 0.735. The first-order valence-corrected chi connectivity index (χ1v) is 6.48. The monoisotopic (exact) mass is 269 g/mol. The average molecular weight is 269 g/mol. The van der Waals surface area contributed by atoms with E-state index in [0.717, 1.165) is 12.5 Å². The molecule has 0 amide bonds. The molecular formula is C15H21F2NO. The summed E-state index contributed by atoms with van der Waals surface area (Å²) in [5.74, 6) is -2.39. The predicted molar refractivity (Wildman–Crippen MR) is 72.3 cm³/mol. The molecule has 0 aliphatic carbocycles. The lowest BCUT2D eigenvalue weighted by atomic mass is 9.99. The van der Waals surface area contributed by atoms with Gasteiger partial charge >= 0.3 is 0 Å². The van der Waals surface area contributed by atoms with E-state index in [9.17, 15) is 13.6 Å². The number of rotatable bonds is 6. The van der Waals surface area contributed by atoms with E-state index in [1.807, 2.05) is 7.05 Å². The minimum absolute atomic E-state index is 0.0131. The summed E-state index contributed by atoms with van der Waals surface area (Å²) in [6.07, 6.45) is 1.13. The van der Waals surface area contributed by atoms with Crippen LogP contribution >= 0.6 is 0 Å². The molecule has 0 spiro atoms. The fourth-order valence-electron chi connectivity index (χ4n) is 1.70. The van der Waals surface area contributed by atoms with Gasteiger partial charge in [0.05, 0.1) is 5.56 Å². The third-order valence-corrected chi connectivity index (χ3v) is 3.82. The van der Waals surface area contributed by atoms with Crippen LogP contribution in [0.5, 0.6) is 0 Å². The van der Waals surface area contributed by atoms with Crippen LogP contribution in [-0.2, 0) is 0 Å². The maximum atomic E-state index is 13.5. The Morgan fingerprint density at radius 2 is 1.95 bits per heavy atom. The number of benzene rings is 1. The van der Waals surface area contributed by atoms with Gasteiger partial charge in [-0.3, -0.25) is 4.79 Å². The van der Waals surface area contributed by atoms with Crippen LogP contribution in [-0.4, -0.2) is 29.8 Å². The lowest BCUT2D eigenvalue weighted by Gasteiger charge is -2.34. The Labute approximate surface area is 113 Å². The molecule has 4 heteroatoms. The van der Waals surface area contributed by atoms with Gasteiger partial charge in [0.25, 0.3) is 0 Å². The zero-order valence-electron chi connectivity index (χ0n) is 12.0. The van der Waals surface area contributed by atoms with Crippen molar-refractivity contribution >= 4 is 5.78 Å². The van der Waals surface area contributed by atoms with Crippen LogP contribution < -0.4 is 0 Å². The molecule has 106 valence electrons. The van der Waals surface area contributed by atoms with E-state index < -0.39 is 11.6 Å². The minimum Gasteiger partial charge on any atom is -0.301 e. The van der Waals surface area contributed by atoms with Gasteiger partial charge in [-0.25, -0.2) is 8.78 Å². The number of ketones is 1. The van der Waals surface area contributed by atoms with Crippen molar-refractivity contribution in [1.29, 1.82) is 0 Å². The molecule has 0 N–H and O–H groups in total. The van der Waals surface area contributed by atoms with Gasteiger partial charge in [-0.1, -0.05) is 13.0 Å². The van der Waals surface area contributed by atoms with Gasteiger partial charge < -0.3 is 4.90 Å². The number of nitrogens with zero attached hydrogens (tertiary/aromatic N) is 1. The predicted octanol–water partition coefficient (Wildman–Crippen LogP) is 3.66. The van der Waals surface area contributed by atoms with Crippen molar-refractivity contribution in [2.24, 2.45) is 0 Å². The van der Waals surface area contributed by atoms with E-state index in [4.69, 9.17) is 0 Å². The van der Waals surface area contributed by atoms with Crippen LogP contribution in [0.2, 0.25) is 0 Å². The third kappa shape index (κ3) is 3.83. The fourth-order valence-corrected chi connectivity index (χ4v) is 1.70. The van der Waals surface area contributed by atoms with Crippen molar-refractivity contribution in [2.75, 3.05) is 13.6 Å². The van der Waals surface area contributed by atoms with Gasteiger partial charge in [-0.15, -0.1) is 0 Å². The maximum Gasteiger partial charge on any atom is 0.169 e. The Balaban J connectivity index is 2.69. The molecule has 0 aliphatic rings. The maximum absolute atomic E-state index is 13.5. The zero-order chi connectivity index (χ0) is 14.6. The molecule has 0 fully saturated rings. The molecule has 0 heterocycles. The van der Waals surface area contributed by atoms with Crippen LogP contribution in [0.4, 0.5) is 8.78 Å². The molecule has 1 rings (SSSR count). The van der Waals surface area contributed by atoms with Crippen molar-refractivity contribution in [2.45, 2.75) is 39.2 Å². The average Bonchev–Trinajstić information content (AvgIpc) is 2.38. The molecule has 0 aromatic heterocycles. The largest absolute Gasteiger partial charge is 0.301 e. The summed E-state index contributed by atoms with van der Waals surface area (Å²) in [6, 6.07) is 3.69. The third-order valence-electron chi connectivity index (χ3n) is 3.82. The summed E-state index contributed by atoms with van der Waals surface area (Å²) >= 11 is 0. The van der Waals surface area contributed by atoms with Gasteiger partial charge in [0.15, 0.2) is 17.4 Å². The van der Waals surface area contributed by atoms with Crippen molar-refractivity contribution in [1.82, 2.24) is 4.90 Å². The lowest BCUT2D eigenvalue weighted by molar-refractivity contribution is 0.0924. The number of hydrogen-bond acceptors (Lipinski definition) is 2. The van der Waals surface area contributed by atoms with Gasteiger partial charge in [0.2, 0.25) is 0 Å². The molecule has 1 aromatic rings.